The van der Waals surface area contributed by atoms with E-state index in [4.69, 9.17) is 0 Å². The number of nitriles is 1. The molecular formula is C39H40F3N8O3+. The molecule has 5 aromatic rings. The van der Waals surface area contributed by atoms with Crippen molar-refractivity contribution in [3.05, 3.63) is 124 Å². The van der Waals surface area contributed by atoms with Crippen molar-refractivity contribution in [1.29, 1.82) is 5.26 Å². The highest BCUT2D eigenvalue weighted by Gasteiger charge is 2.36. The van der Waals surface area contributed by atoms with Gasteiger partial charge in [-0.1, -0.05) is 36.4 Å². The van der Waals surface area contributed by atoms with Gasteiger partial charge in [-0.3, -0.25) is 9.36 Å². The second kappa shape index (κ2) is 14.6. The quantitative estimate of drug-likeness (QED) is 0.200. The molecule has 274 valence electrons. The van der Waals surface area contributed by atoms with Gasteiger partial charge in [0.25, 0.3) is 0 Å². The molecule has 2 amide bonds. The Balaban J connectivity index is 1.29. The van der Waals surface area contributed by atoms with Crippen LogP contribution in [0.2, 0.25) is 0 Å². The lowest BCUT2D eigenvalue weighted by Gasteiger charge is -2.43. The molecule has 1 unspecified atom stereocenters. The number of benzene rings is 3. The number of likely N-dealkylation sites (tertiary alicyclic amines) is 1. The van der Waals surface area contributed by atoms with Crippen LogP contribution in [0.15, 0.2) is 95.9 Å². The predicted octanol–water partition coefficient (Wildman–Crippen LogP) is 5.90. The minimum atomic E-state index is -4.68. The van der Waals surface area contributed by atoms with Crippen LogP contribution in [-0.4, -0.2) is 79.5 Å². The number of hydrogen-bond acceptors (Lipinski definition) is 5. The summed E-state index contributed by atoms with van der Waals surface area (Å²) in [6, 6.07) is 23.0. The molecule has 1 fully saturated rings. The first-order valence-corrected chi connectivity index (χ1v) is 17.2. The topological polar surface area (TPSA) is 118 Å². The van der Waals surface area contributed by atoms with E-state index in [1.54, 1.807) is 42.2 Å². The lowest BCUT2D eigenvalue weighted by molar-refractivity contribution is -0.929. The average molecular weight is 726 g/mol. The summed E-state index contributed by atoms with van der Waals surface area (Å²) in [6.45, 7) is 4.92. The Morgan fingerprint density at radius 2 is 1.66 bits per heavy atom. The van der Waals surface area contributed by atoms with Crippen molar-refractivity contribution in [3.63, 3.8) is 0 Å². The fourth-order valence-electron chi connectivity index (χ4n) is 7.14. The summed E-state index contributed by atoms with van der Waals surface area (Å²) >= 11 is 0. The minimum absolute atomic E-state index is 0.0608. The third-order valence-corrected chi connectivity index (χ3v) is 9.95. The van der Waals surface area contributed by atoms with Crippen LogP contribution in [0, 0.1) is 18.3 Å². The number of alkyl halides is 3. The van der Waals surface area contributed by atoms with Gasteiger partial charge < -0.3 is 14.7 Å². The SMILES string of the molecule is Cc1c(-c2ccnn2-c2ccc(C#N)cc2)n(C(=O)NC(C)C(=O)N2CCC([N+](C)(C)Cc3ccccc3)CC2)c(=O)n1-c1cccc(C(F)(F)F)c1. The Morgan fingerprint density at radius 1 is 0.981 bits per heavy atom. The number of carbonyl (C=O) groups is 2. The zero-order valence-corrected chi connectivity index (χ0v) is 29.8. The largest absolute Gasteiger partial charge is 0.416 e. The molecule has 0 spiro atoms. The number of amides is 2. The van der Waals surface area contributed by atoms with E-state index in [9.17, 15) is 32.8 Å². The van der Waals surface area contributed by atoms with Gasteiger partial charge in [0, 0.05) is 31.5 Å². The van der Waals surface area contributed by atoms with E-state index in [-0.39, 0.29) is 28.7 Å². The summed E-state index contributed by atoms with van der Waals surface area (Å²) in [5, 5.41) is 16.3. The Bertz CT molecular complexity index is 2220. The van der Waals surface area contributed by atoms with Crippen molar-refractivity contribution in [2.24, 2.45) is 0 Å². The van der Waals surface area contributed by atoms with Gasteiger partial charge in [0.1, 0.15) is 18.3 Å². The highest BCUT2D eigenvalue weighted by molar-refractivity contribution is 5.89. The maximum absolute atomic E-state index is 14.2. The number of piperidine rings is 1. The van der Waals surface area contributed by atoms with E-state index < -0.39 is 29.5 Å². The molecule has 0 bridgehead atoms. The van der Waals surface area contributed by atoms with Gasteiger partial charge in [-0.05, 0) is 62.4 Å². The Kier molecular flexibility index (Phi) is 10.1. The Labute approximate surface area is 304 Å². The standard InChI is InChI=1S/C39H39F3N8O3/c1-26(36(51)46-21-18-33(19-22-46)50(3,4)25-29-9-6-5-7-10-29)45-37(52)48-35(34-17-20-44-49(34)31-15-13-28(24-43)14-16-31)27(2)47(38(48)53)32-12-8-11-30(23-32)39(40,41)42/h5-17,20,23,26,33H,18-19,21-22,25H2,1-4H3/p+1. The fourth-order valence-corrected chi connectivity index (χ4v) is 7.14. The Morgan fingerprint density at radius 3 is 2.30 bits per heavy atom. The highest BCUT2D eigenvalue weighted by Crippen LogP contribution is 2.32. The van der Waals surface area contributed by atoms with E-state index in [2.05, 4.69) is 36.6 Å². The molecule has 11 nitrogen and oxygen atoms in total. The lowest BCUT2D eigenvalue weighted by atomic mass is 10.00. The molecule has 53 heavy (non-hydrogen) atoms. The number of halogens is 3. The normalized spacial score (nSPS) is 14.5. The van der Waals surface area contributed by atoms with Crippen LogP contribution in [0.4, 0.5) is 18.0 Å². The van der Waals surface area contributed by atoms with Crippen molar-refractivity contribution in [1.82, 2.24) is 29.1 Å². The zero-order chi connectivity index (χ0) is 38.1. The number of hydrogen-bond donors (Lipinski definition) is 1. The van der Waals surface area contributed by atoms with Crippen LogP contribution in [-0.2, 0) is 17.5 Å². The van der Waals surface area contributed by atoms with Crippen LogP contribution in [0.1, 0.15) is 42.1 Å². The second-order valence-electron chi connectivity index (χ2n) is 13.9. The van der Waals surface area contributed by atoms with Gasteiger partial charge in [-0.25, -0.2) is 18.8 Å². The van der Waals surface area contributed by atoms with Crippen molar-refractivity contribution in [2.45, 2.75) is 51.5 Å². The summed E-state index contributed by atoms with van der Waals surface area (Å²) in [4.78, 5) is 43.7. The molecule has 0 radical (unpaired) electrons. The second-order valence-corrected chi connectivity index (χ2v) is 13.9. The fraction of sp³-hybridized carbons (Fsp3) is 0.308. The predicted molar refractivity (Wildman–Crippen MR) is 192 cm³/mol. The van der Waals surface area contributed by atoms with Crippen LogP contribution in [0.3, 0.4) is 0 Å². The summed E-state index contributed by atoms with van der Waals surface area (Å²) in [5.74, 6) is -0.309. The van der Waals surface area contributed by atoms with Crippen LogP contribution >= 0.6 is 0 Å². The smallest absolute Gasteiger partial charge is 0.340 e. The Hall–Kier alpha value is -5.94. The van der Waals surface area contributed by atoms with E-state index in [0.29, 0.717) is 30.4 Å². The number of nitrogens with one attached hydrogen (secondary N) is 1. The molecule has 0 aliphatic carbocycles. The molecule has 3 aromatic carbocycles. The summed E-state index contributed by atoms with van der Waals surface area (Å²) in [6.07, 6.45) is -1.68. The first-order valence-electron chi connectivity index (χ1n) is 17.2. The van der Waals surface area contributed by atoms with Crippen molar-refractivity contribution in [2.75, 3.05) is 27.2 Å². The molecule has 1 atom stereocenters. The van der Waals surface area contributed by atoms with E-state index in [0.717, 1.165) is 45.1 Å². The van der Waals surface area contributed by atoms with Gasteiger partial charge >= 0.3 is 17.9 Å². The molecule has 1 aliphatic rings. The first kappa shape index (κ1) is 36.8. The monoisotopic (exact) mass is 725 g/mol. The third-order valence-electron chi connectivity index (χ3n) is 9.95. The maximum atomic E-state index is 14.2. The molecule has 6 rings (SSSR count). The van der Waals surface area contributed by atoms with E-state index in [1.165, 1.54) is 35.5 Å². The van der Waals surface area contributed by atoms with Crippen molar-refractivity contribution >= 4 is 11.9 Å². The molecule has 0 saturated carbocycles. The average Bonchev–Trinajstić information content (AvgIpc) is 3.72. The van der Waals surface area contributed by atoms with Crippen LogP contribution in [0.5, 0.6) is 0 Å². The number of imidazole rings is 1. The third kappa shape index (κ3) is 7.52. The highest BCUT2D eigenvalue weighted by atomic mass is 19.4. The summed E-state index contributed by atoms with van der Waals surface area (Å²) < 4.78 is 45.3. The first-order chi connectivity index (χ1) is 25.2. The zero-order valence-electron chi connectivity index (χ0n) is 29.8. The van der Waals surface area contributed by atoms with Gasteiger partial charge in [0.2, 0.25) is 5.91 Å². The van der Waals surface area contributed by atoms with Crippen molar-refractivity contribution < 1.29 is 27.2 Å². The number of rotatable bonds is 8. The molecule has 2 aromatic heterocycles. The number of nitrogens with zero attached hydrogens (tertiary/aromatic N) is 7. The van der Waals surface area contributed by atoms with Gasteiger partial charge in [0.15, 0.2) is 0 Å². The molecule has 1 saturated heterocycles. The van der Waals surface area contributed by atoms with Crippen LogP contribution in [0.25, 0.3) is 22.8 Å². The van der Waals surface area contributed by atoms with Crippen LogP contribution < -0.4 is 11.0 Å². The molecular weight excluding hydrogens is 685 g/mol. The van der Waals surface area contributed by atoms with Gasteiger partial charge in [-0.15, -0.1) is 0 Å². The lowest BCUT2D eigenvalue weighted by Crippen LogP contribution is -2.56. The number of quaternary nitrogens is 1. The molecule has 14 heteroatoms. The summed E-state index contributed by atoms with van der Waals surface area (Å²) in [5.41, 5.74) is 0.661. The van der Waals surface area contributed by atoms with E-state index in [1.807, 2.05) is 24.3 Å². The van der Waals surface area contributed by atoms with Gasteiger partial charge in [0.05, 0.1) is 66.3 Å². The maximum Gasteiger partial charge on any atom is 0.416 e. The molecule has 1 N–H and O–H groups in total. The van der Waals surface area contributed by atoms with Crippen molar-refractivity contribution in [3.8, 4) is 28.8 Å². The molecule has 1 aliphatic heterocycles. The number of aromatic nitrogens is 4. The van der Waals surface area contributed by atoms with E-state index >= 15 is 0 Å². The summed E-state index contributed by atoms with van der Waals surface area (Å²) in [7, 11) is 4.38. The van der Waals surface area contributed by atoms with Gasteiger partial charge in [-0.2, -0.15) is 23.5 Å². The minimum Gasteiger partial charge on any atom is -0.340 e. The number of carbonyl (C=O) groups excluding carboxylic acids is 2. The molecule has 3 heterocycles.